The van der Waals surface area contributed by atoms with Gasteiger partial charge in [0.25, 0.3) is 0 Å². The van der Waals surface area contributed by atoms with E-state index in [0.717, 1.165) is 0 Å². The quantitative estimate of drug-likeness (QED) is 0.184. The van der Waals surface area contributed by atoms with Gasteiger partial charge in [-0.15, -0.1) is 0 Å². The Bertz CT molecular complexity index is 603. The molecule has 0 saturated carbocycles. The molecule has 1 aromatic rings. The number of benzene rings is 1. The maximum atomic E-state index is 11.8. The predicted octanol–water partition coefficient (Wildman–Crippen LogP) is 2.43. The van der Waals surface area contributed by atoms with Crippen LogP contribution in [0.4, 0.5) is 0 Å². The second kappa shape index (κ2) is 11.7. The van der Waals surface area contributed by atoms with Gasteiger partial charge in [-0.3, -0.25) is 14.9 Å². The molecule has 0 aliphatic rings. The monoisotopic (exact) mass is 365 g/mol. The molecule has 0 heterocycles. The van der Waals surface area contributed by atoms with E-state index in [1.807, 2.05) is 0 Å². The summed E-state index contributed by atoms with van der Waals surface area (Å²) in [4.78, 5) is 44.8. The number of hydrogen-bond acceptors (Lipinski definition) is 7. The van der Waals surface area contributed by atoms with Crippen molar-refractivity contribution in [2.45, 2.75) is 38.1 Å². The fourth-order valence-electron chi connectivity index (χ4n) is 2.50. The Labute approximate surface area is 151 Å². The molecular weight excluding hydrogens is 342 g/mol. The van der Waals surface area contributed by atoms with Gasteiger partial charge in [0.2, 0.25) is 6.04 Å². The minimum Gasteiger partial charge on any atom is -0.469 e. The van der Waals surface area contributed by atoms with Gasteiger partial charge >= 0.3 is 11.9 Å². The normalized spacial score (nSPS) is 12.7. The maximum Gasteiger partial charge on any atom is 0.338 e. The standard InChI is InChI=1S/C18H23NO7/c1-25-17(21)11-10-16(19(23)24)15(13-20)9-5-6-12-26-18(22)14-7-3-2-4-8-14/h2-4,7-8,13,15-16H,5-6,9-12H2,1H3/t15-,16-/m0/s1. The summed E-state index contributed by atoms with van der Waals surface area (Å²) < 4.78 is 9.59. The van der Waals surface area contributed by atoms with Crippen LogP contribution < -0.4 is 0 Å². The van der Waals surface area contributed by atoms with E-state index in [1.165, 1.54) is 7.11 Å². The number of hydrogen-bond donors (Lipinski definition) is 0. The molecule has 0 unspecified atom stereocenters. The van der Waals surface area contributed by atoms with E-state index in [-0.39, 0.29) is 19.4 Å². The van der Waals surface area contributed by atoms with E-state index in [1.54, 1.807) is 30.3 Å². The molecule has 0 saturated heterocycles. The summed E-state index contributed by atoms with van der Waals surface area (Å²) in [5, 5.41) is 11.2. The lowest BCUT2D eigenvalue weighted by Gasteiger charge is -2.15. The predicted molar refractivity (Wildman–Crippen MR) is 92.2 cm³/mol. The molecule has 26 heavy (non-hydrogen) atoms. The lowest BCUT2D eigenvalue weighted by atomic mass is 9.92. The van der Waals surface area contributed by atoms with Crippen molar-refractivity contribution in [2.75, 3.05) is 13.7 Å². The molecule has 0 radical (unpaired) electrons. The Morgan fingerprint density at radius 1 is 1.19 bits per heavy atom. The lowest BCUT2D eigenvalue weighted by molar-refractivity contribution is -0.530. The number of aldehydes is 1. The first-order valence-electron chi connectivity index (χ1n) is 8.37. The van der Waals surface area contributed by atoms with Crippen LogP contribution in [0.3, 0.4) is 0 Å². The van der Waals surface area contributed by atoms with Crippen LogP contribution in [0.5, 0.6) is 0 Å². The number of esters is 2. The molecule has 0 aliphatic carbocycles. The van der Waals surface area contributed by atoms with Gasteiger partial charge < -0.3 is 14.3 Å². The van der Waals surface area contributed by atoms with E-state index in [2.05, 4.69) is 4.74 Å². The SMILES string of the molecule is COC(=O)CC[C@@H]([C@H](C=O)CCCCOC(=O)c1ccccc1)[N+](=O)[O-]. The molecule has 0 aromatic heterocycles. The molecule has 0 N–H and O–H groups in total. The first kappa shape index (κ1) is 21.3. The highest BCUT2D eigenvalue weighted by molar-refractivity contribution is 5.89. The van der Waals surface area contributed by atoms with Crippen LogP contribution in [0.2, 0.25) is 0 Å². The Balaban J connectivity index is 2.37. The van der Waals surface area contributed by atoms with Crippen LogP contribution in [-0.2, 0) is 19.1 Å². The Morgan fingerprint density at radius 2 is 1.88 bits per heavy atom. The van der Waals surface area contributed by atoms with E-state index >= 15 is 0 Å². The fourth-order valence-corrected chi connectivity index (χ4v) is 2.50. The van der Waals surface area contributed by atoms with Crippen molar-refractivity contribution in [3.05, 3.63) is 46.0 Å². The minimum absolute atomic E-state index is 0.0495. The fraction of sp³-hybridized carbons (Fsp3) is 0.500. The van der Waals surface area contributed by atoms with Crippen molar-refractivity contribution < 1.29 is 28.8 Å². The van der Waals surface area contributed by atoms with Crippen molar-refractivity contribution in [2.24, 2.45) is 5.92 Å². The molecule has 1 aromatic carbocycles. The zero-order valence-electron chi connectivity index (χ0n) is 14.7. The first-order valence-corrected chi connectivity index (χ1v) is 8.37. The van der Waals surface area contributed by atoms with Gasteiger partial charge in [0, 0.05) is 11.3 Å². The van der Waals surface area contributed by atoms with Crippen LogP contribution in [0, 0.1) is 16.0 Å². The number of nitro groups is 1. The summed E-state index contributed by atoms with van der Waals surface area (Å²) in [6.07, 6.45) is 1.67. The lowest BCUT2D eigenvalue weighted by Crippen LogP contribution is -2.31. The van der Waals surface area contributed by atoms with Crippen LogP contribution >= 0.6 is 0 Å². The average molecular weight is 365 g/mol. The first-order chi connectivity index (χ1) is 12.5. The Hall–Kier alpha value is -2.77. The van der Waals surface area contributed by atoms with Gasteiger partial charge in [0.05, 0.1) is 31.6 Å². The third kappa shape index (κ3) is 7.42. The number of ether oxygens (including phenoxy) is 2. The number of carbonyl (C=O) groups excluding carboxylic acids is 3. The van der Waals surface area contributed by atoms with E-state index in [0.29, 0.717) is 31.1 Å². The molecule has 0 aliphatic heterocycles. The second-order valence-electron chi connectivity index (χ2n) is 5.77. The van der Waals surface area contributed by atoms with Gasteiger partial charge in [-0.1, -0.05) is 18.2 Å². The van der Waals surface area contributed by atoms with Gasteiger partial charge in [-0.25, -0.2) is 4.79 Å². The molecule has 0 amide bonds. The number of nitrogens with zero attached hydrogens (tertiary/aromatic N) is 1. The zero-order valence-corrected chi connectivity index (χ0v) is 14.7. The average Bonchev–Trinajstić information content (AvgIpc) is 2.66. The van der Waals surface area contributed by atoms with Crippen molar-refractivity contribution in [3.63, 3.8) is 0 Å². The summed E-state index contributed by atoms with van der Waals surface area (Å²) in [6.45, 7) is 0.171. The second-order valence-corrected chi connectivity index (χ2v) is 5.77. The van der Waals surface area contributed by atoms with Gasteiger partial charge in [-0.05, 0) is 31.4 Å². The van der Waals surface area contributed by atoms with Gasteiger partial charge in [0.1, 0.15) is 6.29 Å². The molecule has 0 bridgehead atoms. The van der Waals surface area contributed by atoms with E-state index in [4.69, 9.17) is 4.74 Å². The summed E-state index contributed by atoms with van der Waals surface area (Å²) in [7, 11) is 1.21. The van der Waals surface area contributed by atoms with Gasteiger partial charge in [0.15, 0.2) is 0 Å². The van der Waals surface area contributed by atoms with Crippen molar-refractivity contribution in [1.82, 2.24) is 0 Å². The van der Waals surface area contributed by atoms with Crippen molar-refractivity contribution >= 4 is 18.2 Å². The summed E-state index contributed by atoms with van der Waals surface area (Å²) in [6, 6.07) is 7.43. The van der Waals surface area contributed by atoms with Crippen LogP contribution in [0.15, 0.2) is 30.3 Å². The highest BCUT2D eigenvalue weighted by atomic mass is 16.6. The molecule has 0 spiro atoms. The smallest absolute Gasteiger partial charge is 0.338 e. The summed E-state index contributed by atoms with van der Waals surface area (Å²) in [5.41, 5.74) is 0.453. The molecule has 2 atom stereocenters. The van der Waals surface area contributed by atoms with Crippen LogP contribution in [-0.4, -0.2) is 42.9 Å². The number of carbonyl (C=O) groups is 3. The third-order valence-electron chi connectivity index (χ3n) is 3.99. The highest BCUT2D eigenvalue weighted by Crippen LogP contribution is 2.18. The Morgan fingerprint density at radius 3 is 2.46 bits per heavy atom. The van der Waals surface area contributed by atoms with Crippen LogP contribution in [0.1, 0.15) is 42.5 Å². The summed E-state index contributed by atoms with van der Waals surface area (Å²) >= 11 is 0. The van der Waals surface area contributed by atoms with Crippen molar-refractivity contribution in [1.29, 1.82) is 0 Å². The maximum absolute atomic E-state index is 11.8. The molecule has 142 valence electrons. The number of methoxy groups -OCH3 is 1. The molecule has 0 fully saturated rings. The van der Waals surface area contributed by atoms with Gasteiger partial charge in [-0.2, -0.15) is 0 Å². The van der Waals surface area contributed by atoms with E-state index < -0.39 is 28.8 Å². The largest absolute Gasteiger partial charge is 0.469 e. The highest BCUT2D eigenvalue weighted by Gasteiger charge is 2.31. The molecule has 1 rings (SSSR count). The topological polar surface area (TPSA) is 113 Å². The van der Waals surface area contributed by atoms with E-state index in [9.17, 15) is 24.5 Å². The third-order valence-corrected chi connectivity index (χ3v) is 3.99. The van der Waals surface area contributed by atoms with Crippen LogP contribution in [0.25, 0.3) is 0 Å². The summed E-state index contributed by atoms with van der Waals surface area (Å²) in [5.74, 6) is -1.77. The van der Waals surface area contributed by atoms with Crippen molar-refractivity contribution in [3.8, 4) is 0 Å². The Kier molecular flexibility index (Phi) is 9.59. The number of rotatable bonds is 12. The molecular formula is C18H23NO7. The number of unbranched alkanes of at least 4 members (excludes halogenated alkanes) is 1. The zero-order chi connectivity index (χ0) is 19.4. The molecule has 8 nitrogen and oxygen atoms in total. The molecule has 8 heteroatoms. The minimum atomic E-state index is -1.13.